The van der Waals surface area contributed by atoms with Crippen molar-refractivity contribution in [1.29, 1.82) is 0 Å². The first kappa shape index (κ1) is 17.2. The van der Waals surface area contributed by atoms with Crippen molar-refractivity contribution in [3.63, 3.8) is 0 Å². The maximum Gasteiger partial charge on any atom is 0.118 e. The molecule has 0 spiro atoms. The van der Waals surface area contributed by atoms with Gasteiger partial charge in [0.2, 0.25) is 0 Å². The zero-order valence-corrected chi connectivity index (χ0v) is 15.0. The Balaban J connectivity index is 0.00000200. The molecule has 1 nitrogen and oxygen atoms in total. The Hall–Kier alpha value is -0.870. The summed E-state index contributed by atoms with van der Waals surface area (Å²) in [4.78, 5) is 0. The number of likely N-dealkylation sites (N-methyl/N-ethyl adjacent to an activating group) is 1. The number of benzene rings is 2. The Morgan fingerprint density at radius 1 is 0.850 bits per heavy atom. The highest BCUT2D eigenvalue weighted by atomic mass is 127. The summed E-state index contributed by atoms with van der Waals surface area (Å²) in [7, 11) is 6.81. The van der Waals surface area contributed by atoms with Crippen LogP contribution in [0.1, 0.15) is 22.7 Å². The number of nitrogens with zero attached hydrogens (tertiary/aromatic N) is 1. The summed E-state index contributed by atoms with van der Waals surface area (Å²) in [6.45, 7) is 2.14. The molecule has 2 aromatic carbocycles. The van der Waals surface area contributed by atoms with Gasteiger partial charge in [-0.3, -0.25) is 0 Å². The Bertz CT molecular complexity index is 511. The molecule has 0 heterocycles. The molecule has 0 fully saturated rings. The zero-order valence-electron chi connectivity index (χ0n) is 12.8. The second-order valence-electron chi connectivity index (χ2n) is 6.23. The van der Waals surface area contributed by atoms with Gasteiger partial charge in [0.1, 0.15) is 6.04 Å². The third-order valence-corrected chi connectivity index (χ3v) is 3.67. The van der Waals surface area contributed by atoms with E-state index < -0.39 is 0 Å². The second-order valence-corrected chi connectivity index (χ2v) is 6.23. The largest absolute Gasteiger partial charge is 1.00 e. The lowest BCUT2D eigenvalue weighted by molar-refractivity contribution is -0.902. The van der Waals surface area contributed by atoms with Gasteiger partial charge >= 0.3 is 0 Å². The van der Waals surface area contributed by atoms with Gasteiger partial charge < -0.3 is 28.5 Å². The molecule has 0 aliphatic heterocycles. The van der Waals surface area contributed by atoms with Crippen LogP contribution in [0.5, 0.6) is 0 Å². The van der Waals surface area contributed by atoms with Crippen LogP contribution in [0.25, 0.3) is 0 Å². The van der Waals surface area contributed by atoms with Gasteiger partial charge in [-0.1, -0.05) is 60.2 Å². The minimum Gasteiger partial charge on any atom is -1.00 e. The molecule has 0 aliphatic rings. The molecule has 1 unspecified atom stereocenters. The third-order valence-electron chi connectivity index (χ3n) is 3.67. The van der Waals surface area contributed by atoms with E-state index in [1.807, 2.05) is 0 Å². The maximum absolute atomic E-state index is 2.27. The topological polar surface area (TPSA) is 0 Å². The molecule has 20 heavy (non-hydrogen) atoms. The molecule has 2 heteroatoms. The van der Waals surface area contributed by atoms with Gasteiger partial charge in [-0.25, -0.2) is 0 Å². The van der Waals surface area contributed by atoms with Crippen molar-refractivity contribution >= 4 is 0 Å². The Labute approximate surface area is 140 Å². The standard InChI is InChI=1S/C18H24N.HI/c1-15-10-12-17(13-11-15)18(19(2,3)4)14-16-8-6-5-7-9-16;/h5-13,18H,14H2,1-4H3;1H/q+1;/p-1. The van der Waals surface area contributed by atoms with Gasteiger partial charge in [-0.05, 0) is 12.5 Å². The number of rotatable bonds is 4. The van der Waals surface area contributed by atoms with Gasteiger partial charge in [-0.15, -0.1) is 0 Å². The molecule has 0 saturated carbocycles. The number of halogens is 1. The average Bonchev–Trinajstić information content (AvgIpc) is 2.37. The summed E-state index contributed by atoms with van der Waals surface area (Å²) >= 11 is 0. The lowest BCUT2D eigenvalue weighted by Crippen LogP contribution is -3.00. The van der Waals surface area contributed by atoms with Gasteiger partial charge in [0.15, 0.2) is 0 Å². The highest BCUT2D eigenvalue weighted by molar-refractivity contribution is 5.25. The minimum absolute atomic E-state index is 0. The molecule has 0 saturated heterocycles. The van der Waals surface area contributed by atoms with Crippen LogP contribution in [-0.4, -0.2) is 25.6 Å². The number of hydrogen-bond donors (Lipinski definition) is 0. The van der Waals surface area contributed by atoms with Gasteiger partial charge in [0, 0.05) is 12.0 Å². The predicted octanol–water partition coefficient (Wildman–Crippen LogP) is 0.989. The van der Waals surface area contributed by atoms with Crippen LogP contribution in [-0.2, 0) is 6.42 Å². The second kappa shape index (κ2) is 7.23. The van der Waals surface area contributed by atoms with Crippen molar-refractivity contribution in [3.8, 4) is 0 Å². The van der Waals surface area contributed by atoms with E-state index in [9.17, 15) is 0 Å². The summed E-state index contributed by atoms with van der Waals surface area (Å²) in [6, 6.07) is 20.2. The van der Waals surface area contributed by atoms with E-state index in [-0.39, 0.29) is 24.0 Å². The van der Waals surface area contributed by atoms with Crippen LogP contribution in [0.4, 0.5) is 0 Å². The van der Waals surface area contributed by atoms with E-state index in [0.29, 0.717) is 6.04 Å². The van der Waals surface area contributed by atoms with Crippen molar-refractivity contribution in [2.75, 3.05) is 21.1 Å². The summed E-state index contributed by atoms with van der Waals surface area (Å²) in [5.74, 6) is 0. The quantitative estimate of drug-likeness (QED) is 0.548. The monoisotopic (exact) mass is 381 g/mol. The van der Waals surface area contributed by atoms with E-state index in [0.717, 1.165) is 10.9 Å². The van der Waals surface area contributed by atoms with E-state index in [1.165, 1.54) is 16.7 Å². The molecule has 0 aromatic heterocycles. The number of aryl methyl sites for hydroxylation is 1. The van der Waals surface area contributed by atoms with Gasteiger partial charge in [0.05, 0.1) is 21.1 Å². The smallest absolute Gasteiger partial charge is 0.118 e. The first-order valence-electron chi connectivity index (χ1n) is 6.88. The molecule has 0 bridgehead atoms. The zero-order chi connectivity index (χ0) is 13.9. The van der Waals surface area contributed by atoms with Crippen molar-refractivity contribution in [2.24, 2.45) is 0 Å². The van der Waals surface area contributed by atoms with E-state index in [1.54, 1.807) is 0 Å². The first-order valence-corrected chi connectivity index (χ1v) is 6.88. The molecule has 0 N–H and O–H groups in total. The summed E-state index contributed by atoms with van der Waals surface area (Å²) in [5, 5.41) is 0. The van der Waals surface area contributed by atoms with Crippen LogP contribution in [0.15, 0.2) is 54.6 Å². The SMILES string of the molecule is Cc1ccc(C(Cc2ccccc2)[N+](C)(C)C)cc1.[I-]. The summed E-state index contributed by atoms with van der Waals surface area (Å²) in [5.41, 5.74) is 4.15. The highest BCUT2D eigenvalue weighted by Gasteiger charge is 2.25. The molecule has 108 valence electrons. The molecule has 0 radical (unpaired) electrons. The van der Waals surface area contributed by atoms with Crippen LogP contribution in [0.2, 0.25) is 0 Å². The lowest BCUT2D eigenvalue weighted by atomic mass is 9.96. The Morgan fingerprint density at radius 2 is 1.40 bits per heavy atom. The van der Waals surface area contributed by atoms with Crippen molar-refractivity contribution in [2.45, 2.75) is 19.4 Å². The normalized spacial score (nSPS) is 12.6. The molecule has 0 aliphatic carbocycles. The van der Waals surface area contributed by atoms with Gasteiger partial charge in [-0.2, -0.15) is 0 Å². The average molecular weight is 381 g/mol. The first-order chi connectivity index (χ1) is 8.97. The fourth-order valence-corrected chi connectivity index (χ4v) is 2.46. The van der Waals surface area contributed by atoms with Crippen molar-refractivity contribution in [1.82, 2.24) is 0 Å². The summed E-state index contributed by atoms with van der Waals surface area (Å²) < 4.78 is 0.942. The summed E-state index contributed by atoms with van der Waals surface area (Å²) in [6.07, 6.45) is 1.08. The highest BCUT2D eigenvalue weighted by Crippen LogP contribution is 2.27. The Morgan fingerprint density at radius 3 is 1.90 bits per heavy atom. The van der Waals surface area contributed by atoms with Crippen molar-refractivity contribution in [3.05, 3.63) is 71.3 Å². The van der Waals surface area contributed by atoms with E-state index >= 15 is 0 Å². The van der Waals surface area contributed by atoms with Crippen LogP contribution in [0, 0.1) is 6.92 Å². The van der Waals surface area contributed by atoms with Crippen molar-refractivity contribution < 1.29 is 28.5 Å². The van der Waals surface area contributed by atoms with E-state index in [4.69, 9.17) is 0 Å². The van der Waals surface area contributed by atoms with Gasteiger partial charge in [0.25, 0.3) is 0 Å². The van der Waals surface area contributed by atoms with Crippen LogP contribution >= 0.6 is 0 Å². The van der Waals surface area contributed by atoms with Crippen LogP contribution in [0.3, 0.4) is 0 Å². The number of quaternary nitrogens is 1. The maximum atomic E-state index is 2.27. The molecule has 2 rings (SSSR count). The fraction of sp³-hybridized carbons (Fsp3) is 0.333. The third kappa shape index (κ3) is 4.60. The molecular weight excluding hydrogens is 357 g/mol. The lowest BCUT2D eigenvalue weighted by Gasteiger charge is -2.34. The fourth-order valence-electron chi connectivity index (χ4n) is 2.46. The van der Waals surface area contributed by atoms with Crippen LogP contribution < -0.4 is 24.0 Å². The Kier molecular flexibility index (Phi) is 6.21. The number of hydrogen-bond acceptors (Lipinski definition) is 0. The molecular formula is C18H24IN. The minimum atomic E-state index is 0. The molecule has 0 amide bonds. The molecule has 1 atom stereocenters. The predicted molar refractivity (Wildman–Crippen MR) is 82.1 cm³/mol. The van der Waals surface area contributed by atoms with E-state index in [2.05, 4.69) is 82.7 Å². The molecule has 2 aromatic rings.